The Morgan fingerprint density at radius 3 is 2.56 bits per heavy atom. The molecule has 0 bridgehead atoms. The second-order valence-corrected chi connectivity index (χ2v) is 7.21. The molecule has 4 aromatic rings. The van der Waals surface area contributed by atoms with Gasteiger partial charge in [0.1, 0.15) is 5.69 Å². The molecule has 25 heavy (non-hydrogen) atoms. The minimum Gasteiger partial charge on any atom is -0.379 e. The predicted molar refractivity (Wildman–Crippen MR) is 87.3 cm³/mol. The van der Waals surface area contributed by atoms with Crippen molar-refractivity contribution in [3.8, 4) is 11.4 Å². The number of imidazole rings is 1. The van der Waals surface area contributed by atoms with Crippen LogP contribution in [0.1, 0.15) is 5.69 Å². The Bertz CT molecular complexity index is 1180. The molecule has 0 spiro atoms. The monoisotopic (exact) mass is 356 g/mol. The summed E-state index contributed by atoms with van der Waals surface area (Å²) in [5.74, 6) is 0.108. The van der Waals surface area contributed by atoms with E-state index in [1.54, 1.807) is 29.5 Å². The minimum atomic E-state index is -3.73. The largest absolute Gasteiger partial charge is 0.379 e. The zero-order chi connectivity index (χ0) is 17.6. The van der Waals surface area contributed by atoms with Gasteiger partial charge >= 0.3 is 0 Å². The summed E-state index contributed by atoms with van der Waals surface area (Å²) in [6, 6.07) is 8.11. The highest BCUT2D eigenvalue weighted by Gasteiger charge is 2.22. The van der Waals surface area contributed by atoms with E-state index < -0.39 is 9.84 Å². The van der Waals surface area contributed by atoms with Crippen LogP contribution in [0.4, 0.5) is 5.82 Å². The van der Waals surface area contributed by atoms with Gasteiger partial charge in [-0.1, -0.05) is 18.2 Å². The first kappa shape index (κ1) is 15.3. The lowest BCUT2D eigenvalue weighted by Gasteiger charge is -2.04. The molecule has 0 radical (unpaired) electrons. The topological polar surface area (TPSA) is 129 Å². The summed E-state index contributed by atoms with van der Waals surface area (Å²) >= 11 is 0. The van der Waals surface area contributed by atoms with Crippen molar-refractivity contribution in [1.29, 1.82) is 0 Å². The SMILES string of the molecule is Cc1c(-c2nonc2N)nc2cnc(S(=O)(=O)c3ccccc3)cn12. The van der Waals surface area contributed by atoms with Crippen LogP contribution in [0.25, 0.3) is 17.0 Å². The molecule has 0 aliphatic rings. The van der Waals surface area contributed by atoms with Gasteiger partial charge < -0.3 is 5.73 Å². The molecule has 1 aromatic carbocycles. The average molecular weight is 356 g/mol. The van der Waals surface area contributed by atoms with Crippen molar-refractivity contribution in [2.45, 2.75) is 16.8 Å². The van der Waals surface area contributed by atoms with Gasteiger partial charge in [0.05, 0.1) is 11.1 Å². The predicted octanol–water partition coefficient (Wildman–Crippen LogP) is 1.50. The van der Waals surface area contributed by atoms with Gasteiger partial charge in [0.15, 0.2) is 22.2 Å². The summed E-state index contributed by atoms with van der Waals surface area (Å²) in [4.78, 5) is 8.60. The fourth-order valence-corrected chi connectivity index (χ4v) is 3.69. The van der Waals surface area contributed by atoms with E-state index in [0.29, 0.717) is 22.7 Å². The molecule has 0 unspecified atom stereocenters. The molecule has 0 aliphatic carbocycles. The summed E-state index contributed by atoms with van der Waals surface area (Å²) in [5, 5.41) is 7.19. The summed E-state index contributed by atoms with van der Waals surface area (Å²) in [6.45, 7) is 1.77. The maximum absolute atomic E-state index is 12.7. The van der Waals surface area contributed by atoms with Crippen LogP contribution in [-0.2, 0) is 9.84 Å². The molecule has 0 saturated carbocycles. The smallest absolute Gasteiger partial charge is 0.225 e. The normalized spacial score (nSPS) is 11.9. The second-order valence-electron chi connectivity index (χ2n) is 5.31. The molecule has 0 atom stereocenters. The van der Waals surface area contributed by atoms with Crippen LogP contribution in [0, 0.1) is 6.92 Å². The molecular formula is C15H12N6O3S. The number of nitrogens with two attached hydrogens (primary N) is 1. The van der Waals surface area contributed by atoms with Crippen molar-refractivity contribution < 1.29 is 13.0 Å². The molecule has 126 valence electrons. The lowest BCUT2D eigenvalue weighted by atomic mass is 10.2. The van der Waals surface area contributed by atoms with Crippen LogP contribution in [-0.4, -0.2) is 33.1 Å². The summed E-state index contributed by atoms with van der Waals surface area (Å²) in [6.07, 6.45) is 2.81. The molecule has 0 amide bonds. The molecule has 4 rings (SSSR count). The summed E-state index contributed by atoms with van der Waals surface area (Å²) in [7, 11) is -3.73. The van der Waals surface area contributed by atoms with Crippen LogP contribution in [0.2, 0.25) is 0 Å². The Labute approximate surface area is 142 Å². The molecule has 10 heteroatoms. The third-order valence-electron chi connectivity index (χ3n) is 3.79. The van der Waals surface area contributed by atoms with Crippen molar-refractivity contribution in [2.24, 2.45) is 0 Å². The third kappa shape index (κ3) is 2.34. The lowest BCUT2D eigenvalue weighted by Crippen LogP contribution is -2.06. The number of anilines is 1. The van der Waals surface area contributed by atoms with E-state index in [0.717, 1.165) is 0 Å². The molecule has 9 nitrogen and oxygen atoms in total. The fraction of sp³-hybridized carbons (Fsp3) is 0.0667. The van der Waals surface area contributed by atoms with Gasteiger partial charge in [0.2, 0.25) is 9.84 Å². The van der Waals surface area contributed by atoms with Gasteiger partial charge in [-0.15, -0.1) is 0 Å². The Morgan fingerprint density at radius 2 is 1.88 bits per heavy atom. The lowest BCUT2D eigenvalue weighted by molar-refractivity contribution is 0.310. The van der Waals surface area contributed by atoms with E-state index in [4.69, 9.17) is 5.73 Å². The maximum atomic E-state index is 12.7. The van der Waals surface area contributed by atoms with E-state index in [9.17, 15) is 8.42 Å². The molecule has 0 fully saturated rings. The highest BCUT2D eigenvalue weighted by molar-refractivity contribution is 7.91. The number of benzene rings is 1. The average Bonchev–Trinajstić information content (AvgIpc) is 3.18. The third-order valence-corrected chi connectivity index (χ3v) is 5.45. The fourth-order valence-electron chi connectivity index (χ4n) is 2.50. The number of sulfone groups is 1. The molecule has 2 N–H and O–H groups in total. The zero-order valence-corrected chi connectivity index (χ0v) is 13.8. The van der Waals surface area contributed by atoms with E-state index in [1.165, 1.54) is 24.5 Å². The van der Waals surface area contributed by atoms with E-state index >= 15 is 0 Å². The maximum Gasteiger partial charge on any atom is 0.225 e. The van der Waals surface area contributed by atoms with Crippen molar-refractivity contribution in [2.75, 3.05) is 5.73 Å². The van der Waals surface area contributed by atoms with E-state index in [2.05, 4.69) is 24.9 Å². The van der Waals surface area contributed by atoms with Crippen molar-refractivity contribution in [1.82, 2.24) is 24.7 Å². The zero-order valence-electron chi connectivity index (χ0n) is 13.0. The van der Waals surface area contributed by atoms with Crippen molar-refractivity contribution >= 4 is 21.3 Å². The number of nitrogen functional groups attached to an aromatic ring is 1. The molecular weight excluding hydrogens is 344 g/mol. The van der Waals surface area contributed by atoms with Gasteiger partial charge in [-0.2, -0.15) is 0 Å². The number of aryl methyl sites for hydroxylation is 1. The molecule has 3 heterocycles. The minimum absolute atomic E-state index is 0.0792. The quantitative estimate of drug-likeness (QED) is 0.584. The van der Waals surface area contributed by atoms with E-state index in [1.807, 2.05) is 0 Å². The Morgan fingerprint density at radius 1 is 1.12 bits per heavy atom. The van der Waals surface area contributed by atoms with Crippen LogP contribution in [0.15, 0.2) is 57.3 Å². The highest BCUT2D eigenvalue weighted by atomic mass is 32.2. The second kappa shape index (κ2) is 5.38. The molecule has 0 aliphatic heterocycles. The van der Waals surface area contributed by atoms with Crippen molar-refractivity contribution in [3.63, 3.8) is 0 Å². The number of aromatic nitrogens is 5. The standard InChI is InChI=1S/C15H12N6O3S/c1-9-13(14-15(16)20-24-19-14)18-11-7-17-12(8-21(9)11)25(22,23)10-5-3-2-4-6-10/h2-8H,1H3,(H2,16,20). The van der Waals surface area contributed by atoms with Crippen LogP contribution in [0.3, 0.4) is 0 Å². The van der Waals surface area contributed by atoms with Gasteiger partial charge in [-0.05, 0) is 29.4 Å². The number of hydrogen-bond donors (Lipinski definition) is 1. The van der Waals surface area contributed by atoms with Crippen LogP contribution < -0.4 is 5.73 Å². The van der Waals surface area contributed by atoms with Gasteiger partial charge in [0.25, 0.3) is 0 Å². The summed E-state index contributed by atoms with van der Waals surface area (Å²) in [5.41, 5.74) is 7.57. The van der Waals surface area contributed by atoms with Crippen molar-refractivity contribution in [3.05, 3.63) is 48.4 Å². The molecule has 0 saturated heterocycles. The van der Waals surface area contributed by atoms with Crippen LogP contribution in [0.5, 0.6) is 0 Å². The van der Waals surface area contributed by atoms with E-state index in [-0.39, 0.29) is 15.7 Å². The number of hydrogen-bond acceptors (Lipinski definition) is 8. The first-order valence-corrected chi connectivity index (χ1v) is 8.70. The Kier molecular flexibility index (Phi) is 3.29. The van der Waals surface area contributed by atoms with Gasteiger partial charge in [-0.25, -0.2) is 23.0 Å². The summed E-state index contributed by atoms with van der Waals surface area (Å²) < 4.78 is 31.7. The highest BCUT2D eigenvalue weighted by Crippen LogP contribution is 2.27. The Hall–Kier alpha value is -3.27. The number of fused-ring (bicyclic) bond motifs is 1. The number of nitrogens with zero attached hydrogens (tertiary/aromatic N) is 5. The van der Waals surface area contributed by atoms with Gasteiger partial charge in [-0.3, -0.25) is 4.40 Å². The van der Waals surface area contributed by atoms with Crippen LogP contribution >= 0.6 is 0 Å². The first-order chi connectivity index (χ1) is 12.0. The molecule has 3 aromatic heterocycles. The first-order valence-electron chi connectivity index (χ1n) is 7.22. The van der Waals surface area contributed by atoms with Gasteiger partial charge in [0, 0.05) is 11.9 Å². The Balaban J connectivity index is 1.90. The number of rotatable bonds is 3.